The number of H-pyrrole nitrogens is 1. The first-order valence-corrected chi connectivity index (χ1v) is 18.9. The van der Waals surface area contributed by atoms with Gasteiger partial charge < -0.3 is 5.32 Å². The largest absolute Gasteiger partial charge is 0.346 e. The smallest absolute Gasteiger partial charge is 0.293 e. The molecule has 3 aromatic heterocycles. The lowest BCUT2D eigenvalue weighted by atomic mass is 9.93. The van der Waals surface area contributed by atoms with Crippen LogP contribution in [0.4, 0.5) is 26.3 Å². The van der Waals surface area contributed by atoms with Crippen molar-refractivity contribution < 1.29 is 44.3 Å². The average molecular weight is 791 g/mol. The van der Waals surface area contributed by atoms with Crippen LogP contribution in [0.15, 0.2) is 48.7 Å². The molecule has 1 amide bonds. The van der Waals surface area contributed by atoms with Crippen LogP contribution in [-0.2, 0) is 33.5 Å². The molecule has 5 aromatic rings. The van der Waals surface area contributed by atoms with Crippen molar-refractivity contribution in [3.63, 3.8) is 0 Å². The number of sulfone groups is 1. The maximum absolute atomic E-state index is 15.3. The highest BCUT2D eigenvalue weighted by atomic mass is 35.5. The number of nitrogens with one attached hydrogen (secondary N) is 2. The molecule has 10 nitrogen and oxygen atoms in total. The SMILES string of the molecule is CC1(S(=O)(=O)CC(=O)c2cc(-c3cc4[nH]ncc4nc3C(Cc3cc(F)cc(F)c3)NC(=O)Cn3nc(C(F)F)c4c3C(F)(F)C3C[C@H]43)ccc2Cl)CC1. The second-order valence-corrected chi connectivity index (χ2v) is 17.2. The molecule has 0 saturated heterocycles. The number of pyridine rings is 1. The van der Waals surface area contributed by atoms with Gasteiger partial charge in [0.2, 0.25) is 5.91 Å². The van der Waals surface area contributed by atoms with E-state index in [2.05, 4.69) is 25.6 Å². The number of hydrogen-bond donors (Lipinski definition) is 2. The second kappa shape index (κ2) is 12.6. The molecule has 3 aliphatic rings. The van der Waals surface area contributed by atoms with E-state index in [0.29, 0.717) is 29.1 Å². The predicted octanol–water partition coefficient (Wildman–Crippen LogP) is 7.15. The topological polar surface area (TPSA) is 140 Å². The van der Waals surface area contributed by atoms with Gasteiger partial charge in [-0.2, -0.15) is 19.0 Å². The minimum atomic E-state index is -3.81. The van der Waals surface area contributed by atoms with Crippen molar-refractivity contribution in [2.24, 2.45) is 5.92 Å². The van der Waals surface area contributed by atoms with Gasteiger partial charge in [-0.05, 0) is 80.0 Å². The number of benzene rings is 2. The molecule has 0 aliphatic heterocycles. The summed E-state index contributed by atoms with van der Waals surface area (Å²) in [7, 11) is -3.81. The molecule has 3 atom stereocenters. The molecular formula is C36H29ClF6N6O4S. The summed E-state index contributed by atoms with van der Waals surface area (Å²) in [5, 5.41) is 13.1. The molecule has 2 fully saturated rings. The number of aromatic amines is 1. The van der Waals surface area contributed by atoms with Crippen LogP contribution in [0.2, 0.25) is 5.02 Å². The summed E-state index contributed by atoms with van der Waals surface area (Å²) >= 11 is 6.41. The van der Waals surface area contributed by atoms with Gasteiger partial charge in [-0.25, -0.2) is 31.0 Å². The van der Waals surface area contributed by atoms with E-state index in [1.807, 2.05) is 0 Å². The Bertz CT molecular complexity index is 2480. The van der Waals surface area contributed by atoms with Crippen molar-refractivity contribution in [3.8, 4) is 11.1 Å². The van der Waals surface area contributed by atoms with Crippen LogP contribution in [0, 0.1) is 17.6 Å². The molecule has 2 saturated carbocycles. The molecule has 2 unspecified atom stereocenters. The van der Waals surface area contributed by atoms with Gasteiger partial charge in [0, 0.05) is 28.7 Å². The van der Waals surface area contributed by atoms with Gasteiger partial charge >= 0.3 is 0 Å². The van der Waals surface area contributed by atoms with Crippen LogP contribution in [0.3, 0.4) is 0 Å². The molecule has 2 aromatic carbocycles. The Morgan fingerprint density at radius 2 is 1.80 bits per heavy atom. The zero-order valence-electron chi connectivity index (χ0n) is 28.1. The van der Waals surface area contributed by atoms with Crippen LogP contribution in [0.25, 0.3) is 22.2 Å². The molecule has 8 rings (SSSR count). The maximum atomic E-state index is 15.3. The number of carbonyl (C=O) groups is 2. The lowest BCUT2D eigenvalue weighted by molar-refractivity contribution is -0.123. The van der Waals surface area contributed by atoms with E-state index in [-0.39, 0.29) is 56.9 Å². The number of carbonyl (C=O) groups excluding carboxylic acids is 2. The zero-order chi connectivity index (χ0) is 38.5. The van der Waals surface area contributed by atoms with Gasteiger partial charge in [0.05, 0.1) is 33.2 Å². The summed E-state index contributed by atoms with van der Waals surface area (Å²) in [6.45, 7) is 0.671. The molecule has 3 heterocycles. The van der Waals surface area contributed by atoms with E-state index in [1.54, 1.807) is 13.0 Å². The number of ketones is 1. The van der Waals surface area contributed by atoms with Crippen LogP contribution in [0.5, 0.6) is 0 Å². The normalized spacial score (nSPS) is 19.8. The molecule has 0 spiro atoms. The summed E-state index contributed by atoms with van der Waals surface area (Å²) in [5.74, 6) is -9.76. The van der Waals surface area contributed by atoms with Gasteiger partial charge in [-0.1, -0.05) is 17.7 Å². The fourth-order valence-electron chi connectivity index (χ4n) is 7.34. The van der Waals surface area contributed by atoms with Crippen molar-refractivity contribution in [1.29, 1.82) is 0 Å². The van der Waals surface area contributed by atoms with Crippen molar-refractivity contribution in [2.45, 2.75) is 68.2 Å². The molecule has 0 bridgehead atoms. The number of Topliss-reactive ketones (excluding diaryl/α,β-unsaturated/α-hetero) is 1. The van der Waals surface area contributed by atoms with E-state index < -0.39 is 91.8 Å². The highest BCUT2D eigenvalue weighted by Crippen LogP contribution is 2.68. The quantitative estimate of drug-likeness (QED) is 0.101. The van der Waals surface area contributed by atoms with Crippen molar-refractivity contribution >= 4 is 44.2 Å². The van der Waals surface area contributed by atoms with E-state index in [0.717, 1.165) is 12.1 Å². The number of nitrogens with zero attached hydrogens (tertiary/aromatic N) is 4. The third-order valence-electron chi connectivity index (χ3n) is 10.5. The molecule has 2 N–H and O–H groups in total. The standard InChI is InChI=1S/C36H29ClF6N6O4S/c1-35(4-5-35)54(52,53)15-28(50)22-9-17(2-3-24(22)37)20-12-25-27(13-44-47-25)46-31(20)26(8-16-6-18(38)10-19(39)7-16)45-29(51)14-49-33-30(32(48-49)34(40)41)21-11-23(21)36(33,42)43/h2-3,6-7,9-10,12-13,21,23,26,34H,4-5,8,11,14-15H2,1H3,(H,44,47)(H,45,51)/t21-,23?,26?/m0/s1. The Morgan fingerprint density at radius 3 is 2.48 bits per heavy atom. The summed E-state index contributed by atoms with van der Waals surface area (Å²) in [4.78, 5) is 31.9. The highest BCUT2D eigenvalue weighted by Gasteiger charge is 2.67. The zero-order valence-corrected chi connectivity index (χ0v) is 29.7. The predicted molar refractivity (Wildman–Crippen MR) is 183 cm³/mol. The number of amides is 1. The summed E-state index contributed by atoms with van der Waals surface area (Å²) in [5.41, 5.74) is -0.541. The van der Waals surface area contributed by atoms with Gasteiger partial charge in [-0.15, -0.1) is 0 Å². The number of hydrogen-bond acceptors (Lipinski definition) is 7. The molecule has 54 heavy (non-hydrogen) atoms. The van der Waals surface area contributed by atoms with E-state index in [1.165, 1.54) is 24.4 Å². The van der Waals surface area contributed by atoms with E-state index >= 15 is 8.78 Å². The van der Waals surface area contributed by atoms with Crippen LogP contribution >= 0.6 is 11.6 Å². The van der Waals surface area contributed by atoms with Crippen molar-refractivity contribution in [3.05, 3.63) is 99.1 Å². The summed E-state index contributed by atoms with van der Waals surface area (Å²) in [6, 6.07) is 7.30. The monoisotopic (exact) mass is 790 g/mol. The summed E-state index contributed by atoms with van der Waals surface area (Å²) in [6.07, 6.45) is -1.21. The molecular weight excluding hydrogens is 762 g/mol. The van der Waals surface area contributed by atoms with Gasteiger partial charge in [0.15, 0.2) is 15.6 Å². The molecule has 3 aliphatic carbocycles. The van der Waals surface area contributed by atoms with Crippen molar-refractivity contribution in [1.82, 2.24) is 30.3 Å². The number of aromatic nitrogens is 5. The first-order chi connectivity index (χ1) is 25.5. The Hall–Kier alpha value is -4.77. The third-order valence-corrected chi connectivity index (χ3v) is 13.4. The highest BCUT2D eigenvalue weighted by molar-refractivity contribution is 7.93. The fourth-order valence-corrected chi connectivity index (χ4v) is 9.14. The fraction of sp³-hybridized carbons (Fsp3) is 0.361. The summed E-state index contributed by atoms with van der Waals surface area (Å²) < 4.78 is 113. The van der Waals surface area contributed by atoms with Crippen LogP contribution in [-0.4, -0.2) is 55.6 Å². The molecule has 282 valence electrons. The van der Waals surface area contributed by atoms with Crippen LogP contribution < -0.4 is 5.32 Å². The lowest BCUT2D eigenvalue weighted by Crippen LogP contribution is -2.35. The van der Waals surface area contributed by atoms with Crippen LogP contribution in [0.1, 0.15) is 83.1 Å². The number of fused-ring (bicyclic) bond motifs is 4. The van der Waals surface area contributed by atoms with Gasteiger partial charge in [0.25, 0.3) is 12.3 Å². The number of halogens is 7. The minimum absolute atomic E-state index is 0.0264. The first-order valence-electron chi connectivity index (χ1n) is 16.9. The van der Waals surface area contributed by atoms with Crippen molar-refractivity contribution in [2.75, 3.05) is 5.75 Å². The molecule has 0 radical (unpaired) electrons. The van der Waals surface area contributed by atoms with Gasteiger partial charge in [-0.3, -0.25) is 19.4 Å². The van der Waals surface area contributed by atoms with Gasteiger partial charge in [0.1, 0.15) is 40.8 Å². The third kappa shape index (κ3) is 6.24. The minimum Gasteiger partial charge on any atom is -0.346 e. The maximum Gasteiger partial charge on any atom is 0.293 e. The number of alkyl halides is 4. The first kappa shape index (κ1) is 36.2. The number of rotatable bonds is 12. The van der Waals surface area contributed by atoms with E-state index in [9.17, 15) is 35.6 Å². The Labute approximate surface area is 308 Å². The second-order valence-electron chi connectivity index (χ2n) is 14.3. The average Bonchev–Trinajstić information content (AvgIpc) is 3.94. The Balaban J connectivity index is 1.19. The molecule has 18 heteroatoms. The van der Waals surface area contributed by atoms with E-state index in [4.69, 9.17) is 11.6 Å². The Morgan fingerprint density at radius 1 is 1.07 bits per heavy atom. The Kier molecular flexibility index (Phi) is 8.48. The lowest BCUT2D eigenvalue weighted by Gasteiger charge is -2.23.